The number of benzene rings is 1. The lowest BCUT2D eigenvalue weighted by atomic mass is 10.0. The average molecular weight is 265 g/mol. The Hall–Kier alpha value is -1.75. The van der Waals surface area contributed by atoms with E-state index >= 15 is 0 Å². The van der Waals surface area contributed by atoms with Gasteiger partial charge in [0, 0.05) is 18.3 Å². The molecule has 1 amide bonds. The summed E-state index contributed by atoms with van der Waals surface area (Å²) in [4.78, 5) is 13.7. The molecule has 0 saturated heterocycles. The number of amides is 1. The smallest absolute Gasteiger partial charge is 0.252 e. The van der Waals surface area contributed by atoms with Crippen LogP contribution in [-0.4, -0.2) is 37.6 Å². The van der Waals surface area contributed by atoms with Crippen LogP contribution in [0.2, 0.25) is 0 Å². The third kappa shape index (κ3) is 3.86. The monoisotopic (exact) mass is 265 g/mol. The van der Waals surface area contributed by atoms with E-state index in [1.165, 1.54) is 7.11 Å². The fraction of sp³-hybridized carbons (Fsp3) is 0.500. The van der Waals surface area contributed by atoms with Gasteiger partial charge >= 0.3 is 0 Å². The first-order chi connectivity index (χ1) is 9.03. The van der Waals surface area contributed by atoms with Gasteiger partial charge in [-0.25, -0.2) is 0 Å². The third-order valence-corrected chi connectivity index (χ3v) is 3.32. The largest absolute Gasteiger partial charge is 0.496 e. The van der Waals surface area contributed by atoms with Crippen LogP contribution in [0.1, 0.15) is 29.8 Å². The van der Waals surface area contributed by atoms with Crippen LogP contribution in [0.4, 0.5) is 5.69 Å². The summed E-state index contributed by atoms with van der Waals surface area (Å²) in [6.07, 6.45) is 0.789. The van der Waals surface area contributed by atoms with E-state index in [1.54, 1.807) is 12.1 Å². The summed E-state index contributed by atoms with van der Waals surface area (Å²) in [5.74, 6) is -0.0717. The molecule has 0 radical (unpaired) electrons. The van der Waals surface area contributed by atoms with Gasteiger partial charge in [-0.15, -0.1) is 0 Å². The number of primary amides is 1. The molecule has 5 heteroatoms. The molecule has 0 heterocycles. The highest BCUT2D eigenvalue weighted by molar-refractivity contribution is 5.96. The SMILES string of the molecule is CCN(CC)CCc1cc(C(N)=O)c(OC)cc1N. The van der Waals surface area contributed by atoms with Crippen molar-refractivity contribution in [3.05, 3.63) is 23.3 Å². The van der Waals surface area contributed by atoms with E-state index in [1.807, 2.05) is 0 Å². The molecule has 0 atom stereocenters. The summed E-state index contributed by atoms with van der Waals surface area (Å²) >= 11 is 0. The molecule has 1 aromatic carbocycles. The Morgan fingerprint density at radius 1 is 1.32 bits per heavy atom. The van der Waals surface area contributed by atoms with Crippen LogP contribution in [-0.2, 0) is 6.42 Å². The lowest BCUT2D eigenvalue weighted by Crippen LogP contribution is -2.25. The lowest BCUT2D eigenvalue weighted by molar-refractivity contribution is 0.0997. The van der Waals surface area contributed by atoms with Gasteiger partial charge in [0.15, 0.2) is 0 Å². The second-order valence-electron chi connectivity index (χ2n) is 4.39. The van der Waals surface area contributed by atoms with E-state index in [0.29, 0.717) is 17.0 Å². The summed E-state index contributed by atoms with van der Waals surface area (Å²) in [7, 11) is 1.50. The molecule has 0 aromatic heterocycles. The topological polar surface area (TPSA) is 81.6 Å². The van der Waals surface area contributed by atoms with Crippen molar-refractivity contribution in [3.8, 4) is 5.75 Å². The molecule has 5 nitrogen and oxygen atoms in total. The van der Waals surface area contributed by atoms with Crippen molar-refractivity contribution in [1.82, 2.24) is 4.90 Å². The number of hydrogen-bond acceptors (Lipinski definition) is 4. The Labute approximate surface area is 114 Å². The number of carbonyl (C=O) groups excluding carboxylic acids is 1. The van der Waals surface area contributed by atoms with E-state index in [9.17, 15) is 4.79 Å². The van der Waals surface area contributed by atoms with Crippen molar-refractivity contribution in [3.63, 3.8) is 0 Å². The molecule has 106 valence electrons. The van der Waals surface area contributed by atoms with Crippen LogP contribution in [0.3, 0.4) is 0 Å². The summed E-state index contributed by atoms with van der Waals surface area (Å²) in [5.41, 5.74) is 13.3. The standard InChI is InChI=1S/C14H23N3O2/c1-4-17(5-2)7-6-10-8-11(14(16)18)13(19-3)9-12(10)15/h8-9H,4-7,15H2,1-3H3,(H2,16,18). The van der Waals surface area contributed by atoms with E-state index in [4.69, 9.17) is 16.2 Å². The third-order valence-electron chi connectivity index (χ3n) is 3.32. The number of hydrogen-bond donors (Lipinski definition) is 2. The van der Waals surface area contributed by atoms with Gasteiger partial charge in [0.1, 0.15) is 5.75 Å². The summed E-state index contributed by atoms with van der Waals surface area (Å²) in [6.45, 7) is 7.14. The predicted octanol–water partition coefficient (Wildman–Crippen LogP) is 1.26. The highest BCUT2D eigenvalue weighted by atomic mass is 16.5. The van der Waals surface area contributed by atoms with E-state index in [2.05, 4.69) is 18.7 Å². The van der Waals surface area contributed by atoms with Gasteiger partial charge in [0.25, 0.3) is 5.91 Å². The van der Waals surface area contributed by atoms with Crippen LogP contribution in [0.15, 0.2) is 12.1 Å². The molecule has 0 bridgehead atoms. The predicted molar refractivity (Wildman–Crippen MR) is 77.4 cm³/mol. The van der Waals surface area contributed by atoms with Crippen LogP contribution in [0.25, 0.3) is 0 Å². The van der Waals surface area contributed by atoms with Crippen molar-refractivity contribution in [2.24, 2.45) is 5.73 Å². The Kier molecular flexibility index (Phi) is 5.63. The van der Waals surface area contributed by atoms with Crippen molar-refractivity contribution in [2.45, 2.75) is 20.3 Å². The lowest BCUT2D eigenvalue weighted by Gasteiger charge is -2.19. The minimum absolute atomic E-state index is 0.381. The Morgan fingerprint density at radius 2 is 1.95 bits per heavy atom. The summed E-state index contributed by atoms with van der Waals surface area (Å²) in [5, 5.41) is 0. The molecule has 0 aliphatic heterocycles. The molecule has 1 rings (SSSR count). The van der Waals surface area contributed by atoms with Gasteiger partial charge in [0.05, 0.1) is 12.7 Å². The molecular weight excluding hydrogens is 242 g/mol. The molecule has 0 fully saturated rings. The molecule has 0 spiro atoms. The molecule has 0 unspecified atom stereocenters. The van der Waals surface area contributed by atoms with E-state index < -0.39 is 5.91 Å². The first-order valence-electron chi connectivity index (χ1n) is 6.51. The second-order valence-corrected chi connectivity index (χ2v) is 4.39. The number of nitrogen functional groups attached to an aromatic ring is 1. The fourth-order valence-corrected chi connectivity index (χ4v) is 2.04. The quantitative estimate of drug-likeness (QED) is 0.727. The van der Waals surface area contributed by atoms with Crippen LogP contribution in [0.5, 0.6) is 5.75 Å². The number of rotatable bonds is 7. The van der Waals surface area contributed by atoms with Gasteiger partial charge in [-0.1, -0.05) is 13.8 Å². The van der Waals surface area contributed by atoms with Crippen molar-refractivity contribution in [2.75, 3.05) is 32.5 Å². The maximum absolute atomic E-state index is 11.4. The molecule has 19 heavy (non-hydrogen) atoms. The normalized spacial score (nSPS) is 10.7. The molecule has 0 aliphatic rings. The first-order valence-corrected chi connectivity index (χ1v) is 6.51. The van der Waals surface area contributed by atoms with Crippen LogP contribution in [0, 0.1) is 0 Å². The van der Waals surface area contributed by atoms with Crippen molar-refractivity contribution >= 4 is 11.6 Å². The Bertz CT molecular complexity index is 443. The molecule has 4 N–H and O–H groups in total. The number of ether oxygens (including phenoxy) is 1. The average Bonchev–Trinajstić information content (AvgIpc) is 2.40. The number of likely N-dealkylation sites (N-methyl/N-ethyl adjacent to an activating group) is 1. The Balaban J connectivity index is 2.95. The molecule has 1 aromatic rings. The zero-order valence-corrected chi connectivity index (χ0v) is 11.9. The summed E-state index contributed by atoms with van der Waals surface area (Å²) < 4.78 is 5.12. The minimum atomic E-state index is -0.499. The van der Waals surface area contributed by atoms with Gasteiger partial charge in [-0.3, -0.25) is 4.79 Å². The van der Waals surface area contributed by atoms with Crippen LogP contribution < -0.4 is 16.2 Å². The van der Waals surface area contributed by atoms with Gasteiger partial charge in [0.2, 0.25) is 0 Å². The highest BCUT2D eigenvalue weighted by Gasteiger charge is 2.13. The number of carbonyl (C=O) groups is 1. The number of anilines is 1. The highest BCUT2D eigenvalue weighted by Crippen LogP contribution is 2.25. The second kappa shape index (κ2) is 6.99. The van der Waals surface area contributed by atoms with Crippen molar-refractivity contribution in [1.29, 1.82) is 0 Å². The van der Waals surface area contributed by atoms with Gasteiger partial charge < -0.3 is 21.1 Å². The van der Waals surface area contributed by atoms with Crippen LogP contribution >= 0.6 is 0 Å². The Morgan fingerprint density at radius 3 is 2.42 bits per heavy atom. The van der Waals surface area contributed by atoms with E-state index in [-0.39, 0.29) is 0 Å². The van der Waals surface area contributed by atoms with Crippen molar-refractivity contribution < 1.29 is 9.53 Å². The van der Waals surface area contributed by atoms with Gasteiger partial charge in [-0.05, 0) is 31.1 Å². The fourth-order valence-electron chi connectivity index (χ4n) is 2.04. The molecule has 0 saturated carbocycles. The zero-order valence-electron chi connectivity index (χ0n) is 11.9. The number of nitrogens with two attached hydrogens (primary N) is 2. The maximum atomic E-state index is 11.4. The summed E-state index contributed by atoms with van der Waals surface area (Å²) in [6, 6.07) is 3.40. The molecular formula is C14H23N3O2. The minimum Gasteiger partial charge on any atom is -0.496 e. The number of methoxy groups -OCH3 is 1. The van der Waals surface area contributed by atoms with Gasteiger partial charge in [-0.2, -0.15) is 0 Å². The first kappa shape index (κ1) is 15.3. The molecule has 0 aliphatic carbocycles. The number of nitrogens with zero attached hydrogens (tertiary/aromatic N) is 1. The zero-order chi connectivity index (χ0) is 14.4. The maximum Gasteiger partial charge on any atom is 0.252 e. The van der Waals surface area contributed by atoms with E-state index in [0.717, 1.165) is 31.6 Å².